The largest absolute Gasteiger partial charge is 0.491 e. The molecule has 0 aliphatic carbocycles. The van der Waals surface area contributed by atoms with E-state index in [2.05, 4.69) is 5.32 Å². The SMILES string of the molecule is CCNC(CCC(F)(F)F)c1cccc(OC(C)C)c1. The smallest absolute Gasteiger partial charge is 0.389 e. The Morgan fingerprint density at radius 2 is 1.95 bits per heavy atom. The van der Waals surface area contributed by atoms with Crippen LogP contribution in [0, 0.1) is 0 Å². The Hall–Kier alpha value is -1.23. The molecule has 0 fully saturated rings. The maximum Gasteiger partial charge on any atom is 0.389 e. The Kier molecular flexibility index (Phi) is 6.33. The van der Waals surface area contributed by atoms with Crippen LogP contribution in [0.1, 0.15) is 45.2 Å². The molecule has 0 aliphatic rings. The Labute approximate surface area is 118 Å². The minimum absolute atomic E-state index is 0.0302. The fraction of sp³-hybridized carbons (Fsp3) is 0.600. The highest BCUT2D eigenvalue weighted by Gasteiger charge is 2.28. The molecule has 0 radical (unpaired) electrons. The normalized spacial score (nSPS) is 13.6. The monoisotopic (exact) mass is 289 g/mol. The van der Waals surface area contributed by atoms with Crippen molar-refractivity contribution in [3.8, 4) is 5.75 Å². The summed E-state index contributed by atoms with van der Waals surface area (Å²) in [6.07, 6.45) is -4.85. The third-order valence-corrected chi connectivity index (χ3v) is 2.80. The summed E-state index contributed by atoms with van der Waals surface area (Å²) in [6, 6.07) is 6.96. The van der Waals surface area contributed by atoms with Crippen LogP contribution in [0.5, 0.6) is 5.75 Å². The zero-order valence-corrected chi connectivity index (χ0v) is 12.1. The molecular weight excluding hydrogens is 267 g/mol. The molecular formula is C15H22F3NO. The number of nitrogens with one attached hydrogen (secondary N) is 1. The van der Waals surface area contributed by atoms with E-state index in [4.69, 9.17) is 4.74 Å². The van der Waals surface area contributed by atoms with E-state index in [1.54, 1.807) is 0 Å². The molecule has 20 heavy (non-hydrogen) atoms. The molecule has 1 N–H and O–H groups in total. The second-order valence-electron chi connectivity index (χ2n) is 5.00. The molecule has 1 atom stereocenters. The lowest BCUT2D eigenvalue weighted by molar-refractivity contribution is -0.136. The lowest BCUT2D eigenvalue weighted by Gasteiger charge is -2.20. The zero-order chi connectivity index (χ0) is 15.2. The van der Waals surface area contributed by atoms with Crippen molar-refractivity contribution in [3.63, 3.8) is 0 Å². The topological polar surface area (TPSA) is 21.3 Å². The number of benzene rings is 1. The van der Waals surface area contributed by atoms with Gasteiger partial charge in [0, 0.05) is 12.5 Å². The van der Waals surface area contributed by atoms with Crippen molar-refractivity contribution >= 4 is 0 Å². The second kappa shape index (κ2) is 7.53. The van der Waals surface area contributed by atoms with Crippen LogP contribution in [-0.2, 0) is 0 Å². The summed E-state index contributed by atoms with van der Waals surface area (Å²) in [4.78, 5) is 0. The molecule has 1 unspecified atom stereocenters. The molecule has 1 aromatic carbocycles. The molecule has 0 heterocycles. The summed E-state index contributed by atoms with van der Waals surface area (Å²) in [7, 11) is 0. The van der Waals surface area contributed by atoms with Crippen LogP contribution in [0.15, 0.2) is 24.3 Å². The van der Waals surface area contributed by atoms with E-state index in [-0.39, 0.29) is 18.6 Å². The van der Waals surface area contributed by atoms with Crippen molar-refractivity contribution in [2.24, 2.45) is 0 Å². The van der Waals surface area contributed by atoms with Gasteiger partial charge >= 0.3 is 6.18 Å². The van der Waals surface area contributed by atoms with Crippen molar-refractivity contribution in [2.45, 2.75) is 51.9 Å². The number of ether oxygens (including phenoxy) is 1. The van der Waals surface area contributed by atoms with Gasteiger partial charge in [0.05, 0.1) is 6.10 Å². The van der Waals surface area contributed by atoms with Crippen LogP contribution in [0.2, 0.25) is 0 Å². The first-order valence-corrected chi connectivity index (χ1v) is 6.88. The summed E-state index contributed by atoms with van der Waals surface area (Å²) in [5.74, 6) is 0.687. The Morgan fingerprint density at radius 3 is 2.50 bits per heavy atom. The highest BCUT2D eigenvalue weighted by molar-refractivity contribution is 5.30. The van der Waals surface area contributed by atoms with E-state index in [1.165, 1.54) is 0 Å². The predicted octanol–water partition coefficient (Wildman–Crippen LogP) is 4.47. The Morgan fingerprint density at radius 1 is 1.25 bits per heavy atom. The number of alkyl halides is 3. The fourth-order valence-corrected chi connectivity index (χ4v) is 2.02. The van der Waals surface area contributed by atoms with E-state index in [1.807, 2.05) is 45.0 Å². The van der Waals surface area contributed by atoms with E-state index < -0.39 is 12.6 Å². The molecule has 0 saturated heterocycles. The van der Waals surface area contributed by atoms with Gasteiger partial charge in [-0.1, -0.05) is 19.1 Å². The molecule has 5 heteroatoms. The standard InChI is InChI=1S/C15H22F3NO/c1-4-19-14(8-9-15(16,17)18)12-6-5-7-13(10-12)20-11(2)3/h5-7,10-11,14,19H,4,8-9H2,1-3H3. The van der Waals surface area contributed by atoms with Crippen LogP contribution in [0.3, 0.4) is 0 Å². The average molecular weight is 289 g/mol. The van der Waals surface area contributed by atoms with Crippen molar-refractivity contribution in [2.75, 3.05) is 6.54 Å². The maximum absolute atomic E-state index is 12.4. The van der Waals surface area contributed by atoms with Gasteiger partial charge in [-0.2, -0.15) is 13.2 Å². The molecule has 0 bridgehead atoms. The van der Waals surface area contributed by atoms with Gasteiger partial charge in [-0.3, -0.25) is 0 Å². The first-order chi connectivity index (χ1) is 9.31. The molecule has 0 aliphatic heterocycles. The van der Waals surface area contributed by atoms with Gasteiger partial charge in [-0.05, 0) is 44.5 Å². The summed E-state index contributed by atoms with van der Waals surface area (Å²) < 4.78 is 42.7. The van der Waals surface area contributed by atoms with Crippen LogP contribution >= 0.6 is 0 Å². The molecule has 2 nitrogen and oxygen atoms in total. The first-order valence-electron chi connectivity index (χ1n) is 6.88. The summed E-state index contributed by atoms with van der Waals surface area (Å²) in [5, 5.41) is 3.10. The van der Waals surface area contributed by atoms with Crippen molar-refractivity contribution < 1.29 is 17.9 Å². The third-order valence-electron chi connectivity index (χ3n) is 2.80. The van der Waals surface area contributed by atoms with Gasteiger partial charge in [0.15, 0.2) is 0 Å². The molecule has 1 aromatic rings. The van der Waals surface area contributed by atoms with E-state index in [0.717, 1.165) is 5.56 Å². The van der Waals surface area contributed by atoms with Gasteiger partial charge in [-0.15, -0.1) is 0 Å². The minimum Gasteiger partial charge on any atom is -0.491 e. The molecule has 114 valence electrons. The van der Waals surface area contributed by atoms with Crippen LogP contribution in [0.25, 0.3) is 0 Å². The van der Waals surface area contributed by atoms with E-state index in [9.17, 15) is 13.2 Å². The lowest BCUT2D eigenvalue weighted by Crippen LogP contribution is -2.23. The Balaban J connectivity index is 2.80. The third kappa shape index (κ3) is 6.28. The zero-order valence-electron chi connectivity index (χ0n) is 12.1. The van der Waals surface area contributed by atoms with Gasteiger partial charge < -0.3 is 10.1 Å². The lowest BCUT2D eigenvalue weighted by atomic mass is 10.0. The van der Waals surface area contributed by atoms with Gasteiger partial charge in [0.25, 0.3) is 0 Å². The minimum atomic E-state index is -4.13. The van der Waals surface area contributed by atoms with Crippen molar-refractivity contribution in [1.29, 1.82) is 0 Å². The summed E-state index contributed by atoms with van der Waals surface area (Å²) >= 11 is 0. The molecule has 0 aromatic heterocycles. The molecule has 0 saturated carbocycles. The number of hydrogen-bond acceptors (Lipinski definition) is 2. The van der Waals surface area contributed by atoms with Gasteiger partial charge in [0.1, 0.15) is 5.75 Å². The Bertz CT molecular complexity index is 404. The molecule has 0 amide bonds. The van der Waals surface area contributed by atoms with E-state index >= 15 is 0 Å². The van der Waals surface area contributed by atoms with Crippen LogP contribution in [0.4, 0.5) is 13.2 Å². The number of hydrogen-bond donors (Lipinski definition) is 1. The van der Waals surface area contributed by atoms with Crippen LogP contribution in [-0.4, -0.2) is 18.8 Å². The highest BCUT2D eigenvalue weighted by atomic mass is 19.4. The van der Waals surface area contributed by atoms with E-state index in [0.29, 0.717) is 12.3 Å². The average Bonchev–Trinajstić information content (AvgIpc) is 2.33. The second-order valence-corrected chi connectivity index (χ2v) is 5.00. The van der Waals surface area contributed by atoms with Crippen molar-refractivity contribution in [3.05, 3.63) is 29.8 Å². The maximum atomic E-state index is 12.4. The first kappa shape index (κ1) is 16.8. The predicted molar refractivity (Wildman–Crippen MR) is 73.9 cm³/mol. The van der Waals surface area contributed by atoms with Crippen LogP contribution < -0.4 is 10.1 Å². The fourth-order valence-electron chi connectivity index (χ4n) is 2.02. The molecule has 1 rings (SSSR count). The van der Waals surface area contributed by atoms with Gasteiger partial charge in [0.2, 0.25) is 0 Å². The quantitative estimate of drug-likeness (QED) is 0.799. The molecule has 0 spiro atoms. The summed E-state index contributed by atoms with van der Waals surface area (Å²) in [5.41, 5.74) is 0.828. The highest BCUT2D eigenvalue weighted by Crippen LogP contribution is 2.29. The van der Waals surface area contributed by atoms with Crippen molar-refractivity contribution in [1.82, 2.24) is 5.32 Å². The summed E-state index contributed by atoms with van der Waals surface area (Å²) in [6.45, 7) is 6.34. The number of rotatable bonds is 7. The van der Waals surface area contributed by atoms with Gasteiger partial charge in [-0.25, -0.2) is 0 Å². The number of halogens is 3.